The standard InChI is InChI=1S/C24H14ClN3O6S/c25-16-4-2-1-3-13(16)12-32-23(31)27-20-17(28-35-18(20)11-26)6-5-15-9-14-10-19(34-21(14)33-15)24(7-8-24)22(29)30/h1-4,9-10H,7-8,12H2,(H,27,31)(H,29,30). The maximum Gasteiger partial charge on any atom is 0.412 e. The molecular weight excluding hydrogens is 494 g/mol. The van der Waals surface area contributed by atoms with Crippen molar-refractivity contribution in [2.24, 2.45) is 0 Å². The van der Waals surface area contributed by atoms with Crippen molar-refractivity contribution in [3.05, 3.63) is 69.1 Å². The zero-order chi connectivity index (χ0) is 24.6. The van der Waals surface area contributed by atoms with Gasteiger partial charge in [-0.05, 0) is 48.3 Å². The number of hydrogen-bond acceptors (Lipinski definition) is 8. The van der Waals surface area contributed by atoms with Crippen LogP contribution in [-0.2, 0) is 21.6 Å². The molecule has 1 fully saturated rings. The Hall–Kier alpha value is -4.25. The highest BCUT2D eigenvalue weighted by Gasteiger charge is 2.54. The number of ether oxygens (including phenoxy) is 1. The van der Waals surface area contributed by atoms with Gasteiger partial charge in [-0.3, -0.25) is 10.1 Å². The van der Waals surface area contributed by atoms with Crippen molar-refractivity contribution < 1.29 is 28.3 Å². The van der Waals surface area contributed by atoms with E-state index in [2.05, 4.69) is 21.5 Å². The summed E-state index contributed by atoms with van der Waals surface area (Å²) in [4.78, 5) is 24.0. The van der Waals surface area contributed by atoms with Crippen LogP contribution in [0.3, 0.4) is 0 Å². The summed E-state index contributed by atoms with van der Waals surface area (Å²) in [6.45, 7) is -0.0530. The number of nitriles is 1. The fourth-order valence-corrected chi connectivity index (χ4v) is 4.20. The van der Waals surface area contributed by atoms with Crippen LogP contribution >= 0.6 is 23.1 Å². The number of furan rings is 2. The van der Waals surface area contributed by atoms with Crippen molar-refractivity contribution in [1.29, 1.82) is 5.26 Å². The van der Waals surface area contributed by atoms with Crippen LogP contribution in [0.15, 0.2) is 45.2 Å². The van der Waals surface area contributed by atoms with Crippen LogP contribution in [0, 0.1) is 23.2 Å². The number of anilines is 1. The van der Waals surface area contributed by atoms with Crippen molar-refractivity contribution in [1.82, 2.24) is 4.37 Å². The van der Waals surface area contributed by atoms with E-state index in [0.29, 0.717) is 34.6 Å². The van der Waals surface area contributed by atoms with Gasteiger partial charge < -0.3 is 18.7 Å². The predicted octanol–water partition coefficient (Wildman–Crippen LogP) is 5.27. The molecule has 0 saturated heterocycles. The van der Waals surface area contributed by atoms with Gasteiger partial charge in [0.2, 0.25) is 0 Å². The number of benzene rings is 1. The number of amides is 1. The number of carbonyl (C=O) groups is 2. The normalized spacial score (nSPS) is 13.5. The minimum absolute atomic E-state index is 0.0530. The molecule has 1 saturated carbocycles. The first kappa shape index (κ1) is 22.5. The Kier molecular flexibility index (Phi) is 5.69. The molecule has 3 heterocycles. The highest BCUT2D eigenvalue weighted by molar-refractivity contribution is 7.07. The van der Waals surface area contributed by atoms with Crippen LogP contribution in [0.5, 0.6) is 0 Å². The van der Waals surface area contributed by atoms with Crippen LogP contribution in [0.2, 0.25) is 5.02 Å². The van der Waals surface area contributed by atoms with Crippen molar-refractivity contribution in [3.63, 3.8) is 0 Å². The average molecular weight is 508 g/mol. The molecule has 0 bridgehead atoms. The fraction of sp³-hybridized carbons (Fsp3) is 0.167. The van der Waals surface area contributed by atoms with E-state index in [9.17, 15) is 20.0 Å². The fourth-order valence-electron chi connectivity index (χ4n) is 3.41. The van der Waals surface area contributed by atoms with Gasteiger partial charge in [-0.2, -0.15) is 9.64 Å². The number of halogens is 1. The van der Waals surface area contributed by atoms with Gasteiger partial charge in [0.05, 0.1) is 5.39 Å². The monoisotopic (exact) mass is 507 g/mol. The topological polar surface area (TPSA) is 139 Å². The largest absolute Gasteiger partial charge is 0.480 e. The van der Waals surface area contributed by atoms with E-state index >= 15 is 0 Å². The Labute approximate surface area is 207 Å². The summed E-state index contributed by atoms with van der Waals surface area (Å²) >= 11 is 6.95. The summed E-state index contributed by atoms with van der Waals surface area (Å²) in [6.07, 6.45) is 0.250. The Bertz CT molecular complexity index is 1550. The van der Waals surface area contributed by atoms with Crippen molar-refractivity contribution in [2.75, 3.05) is 5.32 Å². The zero-order valence-electron chi connectivity index (χ0n) is 17.8. The second-order valence-corrected chi connectivity index (χ2v) is 8.92. The highest BCUT2D eigenvalue weighted by atomic mass is 35.5. The molecule has 0 unspecified atom stereocenters. The van der Waals surface area contributed by atoms with E-state index in [-0.39, 0.29) is 34.4 Å². The van der Waals surface area contributed by atoms with Crippen LogP contribution in [0.1, 0.15) is 40.5 Å². The van der Waals surface area contributed by atoms with Crippen molar-refractivity contribution in [3.8, 4) is 17.9 Å². The summed E-state index contributed by atoms with van der Waals surface area (Å²) in [5.74, 6) is 5.43. The number of aliphatic carboxylic acids is 1. The molecule has 2 N–H and O–H groups in total. The molecule has 1 aliphatic rings. The van der Waals surface area contributed by atoms with Gasteiger partial charge in [0.15, 0.2) is 11.5 Å². The number of nitrogens with one attached hydrogen (secondary N) is 1. The summed E-state index contributed by atoms with van der Waals surface area (Å²) in [7, 11) is 0. The lowest BCUT2D eigenvalue weighted by Gasteiger charge is -2.07. The third-order valence-electron chi connectivity index (χ3n) is 5.49. The van der Waals surface area contributed by atoms with E-state index in [4.69, 9.17) is 25.2 Å². The lowest BCUT2D eigenvalue weighted by molar-refractivity contribution is -0.140. The number of carboxylic acid groups (broad SMARTS) is 1. The molecule has 5 rings (SSSR count). The summed E-state index contributed by atoms with van der Waals surface area (Å²) in [5.41, 5.74) is -0.0426. The third kappa shape index (κ3) is 4.33. The molecule has 9 nitrogen and oxygen atoms in total. The number of rotatable bonds is 5. The Morgan fingerprint density at radius 3 is 2.74 bits per heavy atom. The van der Waals surface area contributed by atoms with Crippen LogP contribution in [0.4, 0.5) is 10.5 Å². The number of aromatic nitrogens is 1. The molecule has 11 heteroatoms. The maximum atomic E-state index is 12.3. The van der Waals surface area contributed by atoms with E-state index < -0.39 is 17.5 Å². The first-order valence-corrected chi connectivity index (χ1v) is 11.4. The van der Waals surface area contributed by atoms with Gasteiger partial charge in [-0.15, -0.1) is 0 Å². The second kappa shape index (κ2) is 8.84. The molecule has 1 amide bonds. The van der Waals surface area contributed by atoms with Gasteiger partial charge in [-0.25, -0.2) is 4.79 Å². The zero-order valence-corrected chi connectivity index (χ0v) is 19.3. The average Bonchev–Trinajstić information content (AvgIpc) is 3.23. The van der Waals surface area contributed by atoms with Gasteiger partial charge in [-0.1, -0.05) is 29.8 Å². The van der Waals surface area contributed by atoms with Crippen molar-refractivity contribution >= 4 is 52.0 Å². The molecule has 174 valence electrons. The van der Waals surface area contributed by atoms with Crippen molar-refractivity contribution in [2.45, 2.75) is 24.9 Å². The summed E-state index contributed by atoms with van der Waals surface area (Å²) < 4.78 is 20.5. The van der Waals surface area contributed by atoms with Crippen LogP contribution < -0.4 is 5.32 Å². The van der Waals surface area contributed by atoms with Gasteiger partial charge in [0.1, 0.15) is 34.4 Å². The van der Waals surface area contributed by atoms with E-state index in [0.717, 1.165) is 11.5 Å². The summed E-state index contributed by atoms with van der Waals surface area (Å²) in [6, 6.07) is 12.2. The molecular formula is C24H14ClN3O6S. The maximum absolute atomic E-state index is 12.3. The Morgan fingerprint density at radius 2 is 2.06 bits per heavy atom. The molecule has 0 radical (unpaired) electrons. The molecule has 0 spiro atoms. The van der Waals surface area contributed by atoms with Crippen LogP contribution in [-0.4, -0.2) is 21.5 Å². The van der Waals surface area contributed by atoms with Gasteiger partial charge in [0.25, 0.3) is 5.78 Å². The molecule has 1 aliphatic carbocycles. The van der Waals surface area contributed by atoms with E-state index in [1.165, 1.54) is 0 Å². The highest BCUT2D eigenvalue weighted by Crippen LogP contribution is 2.50. The predicted molar refractivity (Wildman–Crippen MR) is 125 cm³/mol. The molecule has 0 atom stereocenters. The summed E-state index contributed by atoms with van der Waals surface area (Å²) in [5, 5.41) is 22.4. The van der Waals surface area contributed by atoms with E-state index in [1.54, 1.807) is 36.4 Å². The minimum Gasteiger partial charge on any atom is -0.480 e. The Balaban J connectivity index is 1.32. The SMILES string of the molecule is N#Cc1snc(C#Cc2cc3cc(C4(C(=O)O)CC4)oc3o2)c1NC(=O)OCc1ccccc1Cl. The lowest BCUT2D eigenvalue weighted by Crippen LogP contribution is -2.18. The first-order valence-electron chi connectivity index (χ1n) is 10.3. The third-order valence-corrected chi connectivity index (χ3v) is 6.61. The van der Waals surface area contributed by atoms with E-state index in [1.807, 2.05) is 6.07 Å². The first-order chi connectivity index (χ1) is 16.9. The quantitative estimate of drug-likeness (QED) is 0.348. The second-order valence-electron chi connectivity index (χ2n) is 7.74. The van der Waals surface area contributed by atoms with Crippen LogP contribution in [0.25, 0.3) is 11.2 Å². The number of nitrogens with zero attached hydrogens (tertiary/aromatic N) is 2. The number of fused-ring (bicyclic) bond motifs is 1. The van der Waals surface area contributed by atoms with Gasteiger partial charge >= 0.3 is 12.1 Å². The minimum atomic E-state index is -0.970. The van der Waals surface area contributed by atoms with Gasteiger partial charge in [0, 0.05) is 16.7 Å². The Morgan fingerprint density at radius 1 is 1.26 bits per heavy atom. The number of carboxylic acids is 1. The molecule has 1 aromatic carbocycles. The molecule has 3 aromatic heterocycles. The lowest BCUT2D eigenvalue weighted by atomic mass is 10.0. The number of carbonyl (C=O) groups excluding carboxylic acids is 1. The molecule has 4 aromatic rings. The smallest absolute Gasteiger partial charge is 0.412 e. The number of hydrogen-bond donors (Lipinski definition) is 2. The molecule has 0 aliphatic heterocycles. The molecule has 35 heavy (non-hydrogen) atoms.